The third kappa shape index (κ3) is 2.62. The van der Waals surface area contributed by atoms with Gasteiger partial charge in [-0.2, -0.15) is 5.10 Å². The molecule has 0 saturated carbocycles. The zero-order valence-corrected chi connectivity index (χ0v) is 10.2. The number of β-amino-alcohol motifs (C(OH)–C–C–N with tert-alkyl or cyclic N) is 1. The summed E-state index contributed by atoms with van der Waals surface area (Å²) in [7, 11) is 1.97. The maximum absolute atomic E-state index is 9.63. The van der Waals surface area contributed by atoms with Crippen LogP contribution in [0.2, 0.25) is 0 Å². The highest BCUT2D eigenvalue weighted by molar-refractivity contribution is 5.16. The third-order valence-corrected chi connectivity index (χ3v) is 3.20. The van der Waals surface area contributed by atoms with Crippen LogP contribution in [-0.2, 0) is 20.0 Å². The number of aryl methyl sites for hydroxylation is 2. The van der Waals surface area contributed by atoms with Crippen molar-refractivity contribution in [2.75, 3.05) is 13.1 Å². The van der Waals surface area contributed by atoms with Crippen LogP contribution < -0.4 is 0 Å². The molecule has 0 spiro atoms. The van der Waals surface area contributed by atoms with Gasteiger partial charge in [0.25, 0.3) is 0 Å². The topological polar surface area (TPSA) is 41.3 Å². The highest BCUT2D eigenvalue weighted by Crippen LogP contribution is 2.15. The molecule has 1 aliphatic rings. The van der Waals surface area contributed by atoms with Crippen LogP contribution in [0.3, 0.4) is 0 Å². The van der Waals surface area contributed by atoms with Crippen LogP contribution in [0.1, 0.15) is 31.0 Å². The number of nitrogens with zero attached hydrogens (tertiary/aromatic N) is 3. The summed E-state index contributed by atoms with van der Waals surface area (Å²) in [6, 6.07) is 0. The monoisotopic (exact) mass is 223 g/mol. The molecule has 0 radical (unpaired) electrons. The molecule has 0 aromatic carbocycles. The quantitative estimate of drug-likeness (QED) is 0.829. The number of hydrogen-bond acceptors (Lipinski definition) is 3. The summed E-state index contributed by atoms with van der Waals surface area (Å²) in [4.78, 5) is 2.32. The predicted octanol–water partition coefficient (Wildman–Crippen LogP) is 0.939. The van der Waals surface area contributed by atoms with Crippen LogP contribution in [0.5, 0.6) is 0 Å². The number of aliphatic hydroxyl groups is 1. The first-order chi connectivity index (χ1) is 7.69. The lowest BCUT2D eigenvalue weighted by molar-refractivity contribution is 0.0667. The van der Waals surface area contributed by atoms with E-state index < -0.39 is 0 Å². The molecule has 1 unspecified atom stereocenters. The van der Waals surface area contributed by atoms with Crippen LogP contribution in [0.4, 0.5) is 0 Å². The van der Waals surface area contributed by atoms with Gasteiger partial charge in [0, 0.05) is 31.9 Å². The second-order valence-corrected chi connectivity index (χ2v) is 4.66. The highest BCUT2D eigenvalue weighted by Gasteiger charge is 2.19. The van der Waals surface area contributed by atoms with Crippen molar-refractivity contribution in [1.82, 2.24) is 14.7 Å². The fourth-order valence-corrected chi connectivity index (χ4v) is 2.43. The van der Waals surface area contributed by atoms with Crippen LogP contribution in [0, 0.1) is 0 Å². The van der Waals surface area contributed by atoms with Crippen LogP contribution >= 0.6 is 0 Å². The minimum absolute atomic E-state index is 0.143. The smallest absolute Gasteiger partial charge is 0.0667 e. The molecule has 1 fully saturated rings. The Balaban J connectivity index is 2.02. The lowest BCUT2D eigenvalue weighted by Gasteiger charge is -2.29. The number of rotatable bonds is 3. The van der Waals surface area contributed by atoms with Gasteiger partial charge in [-0.05, 0) is 25.8 Å². The molecule has 1 atom stereocenters. The lowest BCUT2D eigenvalue weighted by Crippen LogP contribution is -2.37. The molecule has 1 aliphatic heterocycles. The molecule has 0 amide bonds. The van der Waals surface area contributed by atoms with Crippen molar-refractivity contribution in [3.05, 3.63) is 17.5 Å². The molecule has 90 valence electrons. The molecule has 4 heteroatoms. The van der Waals surface area contributed by atoms with E-state index in [1.165, 1.54) is 11.3 Å². The molecule has 0 bridgehead atoms. The molecule has 1 aromatic rings. The van der Waals surface area contributed by atoms with Crippen LogP contribution in [0.25, 0.3) is 0 Å². The van der Waals surface area contributed by atoms with Crippen molar-refractivity contribution in [1.29, 1.82) is 0 Å². The largest absolute Gasteiger partial charge is 0.392 e. The standard InChI is InChI=1S/C12H21N3O/c1-3-12-10(7-14(2)13-12)8-15-6-4-5-11(16)9-15/h7,11,16H,3-6,8-9H2,1-2H3. The highest BCUT2D eigenvalue weighted by atomic mass is 16.3. The fraction of sp³-hybridized carbons (Fsp3) is 0.750. The zero-order chi connectivity index (χ0) is 11.5. The van der Waals surface area contributed by atoms with E-state index in [1.54, 1.807) is 0 Å². The number of hydrogen-bond donors (Lipinski definition) is 1. The van der Waals surface area contributed by atoms with E-state index in [0.29, 0.717) is 0 Å². The first-order valence-corrected chi connectivity index (χ1v) is 6.11. The van der Waals surface area contributed by atoms with Gasteiger partial charge in [-0.1, -0.05) is 6.92 Å². The number of aliphatic hydroxyl groups excluding tert-OH is 1. The number of piperidine rings is 1. The maximum Gasteiger partial charge on any atom is 0.0667 e. The van der Waals surface area contributed by atoms with Gasteiger partial charge in [0.15, 0.2) is 0 Å². The van der Waals surface area contributed by atoms with Gasteiger partial charge in [0.1, 0.15) is 0 Å². The second-order valence-electron chi connectivity index (χ2n) is 4.66. The van der Waals surface area contributed by atoms with Crippen molar-refractivity contribution in [3.63, 3.8) is 0 Å². The minimum atomic E-state index is -0.143. The van der Waals surface area contributed by atoms with Crippen LogP contribution in [-0.4, -0.2) is 39.0 Å². The molecule has 2 rings (SSSR count). The summed E-state index contributed by atoms with van der Waals surface area (Å²) in [5, 5.41) is 14.1. The Bertz CT molecular complexity index is 348. The molecular formula is C12H21N3O. The lowest BCUT2D eigenvalue weighted by atomic mass is 10.1. The average Bonchev–Trinajstić information content (AvgIpc) is 2.59. The zero-order valence-electron chi connectivity index (χ0n) is 10.2. The SMILES string of the molecule is CCc1nn(C)cc1CN1CCCC(O)C1. The van der Waals surface area contributed by atoms with Crippen molar-refractivity contribution >= 4 is 0 Å². The number of aromatic nitrogens is 2. The summed E-state index contributed by atoms with van der Waals surface area (Å²) >= 11 is 0. The first kappa shape index (κ1) is 11.6. The van der Waals surface area contributed by atoms with Gasteiger partial charge in [-0.3, -0.25) is 9.58 Å². The summed E-state index contributed by atoms with van der Waals surface area (Å²) in [5.41, 5.74) is 2.49. The van der Waals surface area contributed by atoms with Crippen molar-refractivity contribution in [3.8, 4) is 0 Å². The molecule has 1 saturated heterocycles. The Morgan fingerprint density at radius 3 is 3.06 bits per heavy atom. The van der Waals surface area contributed by atoms with Gasteiger partial charge in [0.2, 0.25) is 0 Å². The van der Waals surface area contributed by atoms with Gasteiger partial charge in [-0.15, -0.1) is 0 Å². The summed E-state index contributed by atoms with van der Waals surface area (Å²) in [5.74, 6) is 0. The molecule has 1 N–H and O–H groups in total. The van der Waals surface area contributed by atoms with E-state index in [0.717, 1.165) is 38.9 Å². The second kappa shape index (κ2) is 4.97. The maximum atomic E-state index is 9.63. The molecular weight excluding hydrogens is 202 g/mol. The Morgan fingerprint density at radius 1 is 1.56 bits per heavy atom. The fourth-order valence-electron chi connectivity index (χ4n) is 2.43. The van der Waals surface area contributed by atoms with Gasteiger partial charge in [0.05, 0.1) is 11.8 Å². The molecule has 16 heavy (non-hydrogen) atoms. The summed E-state index contributed by atoms with van der Waals surface area (Å²) in [6.07, 6.45) is 4.98. The number of likely N-dealkylation sites (tertiary alicyclic amines) is 1. The molecule has 0 aliphatic carbocycles. The van der Waals surface area contributed by atoms with E-state index >= 15 is 0 Å². The predicted molar refractivity (Wildman–Crippen MR) is 63.1 cm³/mol. The van der Waals surface area contributed by atoms with Gasteiger partial charge < -0.3 is 5.11 Å². The summed E-state index contributed by atoms with van der Waals surface area (Å²) < 4.78 is 1.88. The first-order valence-electron chi connectivity index (χ1n) is 6.11. The van der Waals surface area contributed by atoms with Gasteiger partial charge in [-0.25, -0.2) is 0 Å². The molecule has 2 heterocycles. The Hall–Kier alpha value is -0.870. The Labute approximate surface area is 96.9 Å². The van der Waals surface area contributed by atoms with Crippen molar-refractivity contribution in [2.45, 2.75) is 38.8 Å². The normalized spacial score (nSPS) is 22.6. The van der Waals surface area contributed by atoms with E-state index in [4.69, 9.17) is 0 Å². The molecule has 1 aromatic heterocycles. The summed E-state index contributed by atoms with van der Waals surface area (Å²) in [6.45, 7) is 4.96. The Morgan fingerprint density at radius 2 is 2.38 bits per heavy atom. The third-order valence-electron chi connectivity index (χ3n) is 3.20. The molecule has 4 nitrogen and oxygen atoms in total. The van der Waals surface area contributed by atoms with E-state index in [1.807, 2.05) is 11.7 Å². The van der Waals surface area contributed by atoms with Crippen molar-refractivity contribution in [2.24, 2.45) is 7.05 Å². The van der Waals surface area contributed by atoms with Crippen LogP contribution in [0.15, 0.2) is 6.20 Å². The minimum Gasteiger partial charge on any atom is -0.392 e. The average molecular weight is 223 g/mol. The van der Waals surface area contributed by atoms with Crippen molar-refractivity contribution < 1.29 is 5.11 Å². The van der Waals surface area contributed by atoms with Gasteiger partial charge >= 0.3 is 0 Å². The van der Waals surface area contributed by atoms with E-state index in [2.05, 4.69) is 23.1 Å². The van der Waals surface area contributed by atoms with E-state index in [9.17, 15) is 5.11 Å². The van der Waals surface area contributed by atoms with E-state index in [-0.39, 0.29) is 6.10 Å². The Kier molecular flexibility index (Phi) is 3.61.